The zero-order valence-corrected chi connectivity index (χ0v) is 10.4. The zero-order valence-electron chi connectivity index (χ0n) is 10.4. The van der Waals surface area contributed by atoms with Crippen molar-refractivity contribution in [3.8, 4) is 0 Å². The predicted molar refractivity (Wildman–Crippen MR) is 63.0 cm³/mol. The molecule has 0 fully saturated rings. The molecule has 0 aliphatic rings. The maximum absolute atomic E-state index is 11.5. The van der Waals surface area contributed by atoms with E-state index in [1.54, 1.807) is 4.68 Å². The molecule has 1 amide bonds. The lowest BCUT2D eigenvalue weighted by Crippen LogP contribution is -2.43. The van der Waals surface area contributed by atoms with Gasteiger partial charge in [-0.05, 0) is 19.9 Å². The number of amides is 1. The molecule has 1 atom stereocenters. The Morgan fingerprint density at radius 3 is 2.61 bits per heavy atom. The molecule has 1 aromatic rings. The monoisotopic (exact) mass is 255 g/mol. The molecule has 0 spiro atoms. The van der Waals surface area contributed by atoms with Crippen LogP contribution in [0.2, 0.25) is 0 Å². The smallest absolute Gasteiger partial charge is 0.328 e. The van der Waals surface area contributed by atoms with E-state index in [4.69, 9.17) is 10.2 Å². The van der Waals surface area contributed by atoms with Gasteiger partial charge in [-0.15, -0.1) is 0 Å². The maximum atomic E-state index is 11.5. The Balaban J connectivity index is 2.46. The van der Waals surface area contributed by atoms with Crippen LogP contribution < -0.4 is 5.32 Å². The Morgan fingerprint density at radius 1 is 1.50 bits per heavy atom. The number of nitrogens with zero attached hydrogens (tertiary/aromatic N) is 2. The summed E-state index contributed by atoms with van der Waals surface area (Å²) in [6, 6.07) is 0.643. The molecule has 7 nitrogen and oxygen atoms in total. The Kier molecular flexibility index (Phi) is 4.85. The summed E-state index contributed by atoms with van der Waals surface area (Å²) in [6.07, 6.45) is 0.117. The van der Waals surface area contributed by atoms with Gasteiger partial charge in [0, 0.05) is 18.7 Å². The average molecular weight is 255 g/mol. The number of carbonyl (C=O) groups excluding carboxylic acids is 1. The summed E-state index contributed by atoms with van der Waals surface area (Å²) in [5.74, 6) is -1.68. The fourth-order valence-corrected chi connectivity index (χ4v) is 1.56. The minimum atomic E-state index is -1.25. The summed E-state index contributed by atoms with van der Waals surface area (Å²) in [6.45, 7) is 3.49. The summed E-state index contributed by atoms with van der Waals surface area (Å²) in [5.41, 5.74) is 1.81. The molecule has 0 saturated carbocycles. The van der Waals surface area contributed by atoms with Crippen LogP contribution in [0.25, 0.3) is 0 Å². The third-order valence-corrected chi connectivity index (χ3v) is 2.47. The minimum absolute atomic E-state index is 0.117. The van der Waals surface area contributed by atoms with Crippen LogP contribution in [0.1, 0.15) is 17.8 Å². The lowest BCUT2D eigenvalue weighted by atomic mass is 10.3. The molecule has 1 rings (SSSR count). The topological polar surface area (TPSA) is 104 Å². The number of rotatable bonds is 6. The van der Waals surface area contributed by atoms with Gasteiger partial charge < -0.3 is 15.5 Å². The molecule has 7 heteroatoms. The highest BCUT2D eigenvalue weighted by atomic mass is 16.4. The highest BCUT2D eigenvalue weighted by Gasteiger charge is 2.18. The number of aliphatic hydroxyl groups is 1. The van der Waals surface area contributed by atoms with Crippen LogP contribution in [0.3, 0.4) is 0 Å². The van der Waals surface area contributed by atoms with Crippen LogP contribution >= 0.6 is 0 Å². The zero-order chi connectivity index (χ0) is 13.7. The van der Waals surface area contributed by atoms with Gasteiger partial charge in [0.1, 0.15) is 6.04 Å². The summed E-state index contributed by atoms with van der Waals surface area (Å²) in [4.78, 5) is 22.1. The van der Waals surface area contributed by atoms with E-state index in [-0.39, 0.29) is 6.42 Å². The van der Waals surface area contributed by atoms with E-state index in [2.05, 4.69) is 10.4 Å². The van der Waals surface area contributed by atoms with E-state index in [0.29, 0.717) is 6.54 Å². The third-order valence-electron chi connectivity index (χ3n) is 2.47. The quantitative estimate of drug-likeness (QED) is 0.632. The lowest BCUT2D eigenvalue weighted by Gasteiger charge is -2.11. The molecule has 0 aliphatic heterocycles. The molecule has 0 radical (unpaired) electrons. The second-order valence-corrected chi connectivity index (χ2v) is 4.04. The first kappa shape index (κ1) is 14.2. The largest absolute Gasteiger partial charge is 0.480 e. The first-order valence-electron chi connectivity index (χ1n) is 5.58. The lowest BCUT2D eigenvalue weighted by molar-refractivity contribution is -0.143. The van der Waals surface area contributed by atoms with E-state index in [1.165, 1.54) is 0 Å². The molecule has 18 heavy (non-hydrogen) atoms. The van der Waals surface area contributed by atoms with E-state index in [1.807, 2.05) is 19.9 Å². The van der Waals surface area contributed by atoms with Crippen LogP contribution in [0.4, 0.5) is 0 Å². The highest BCUT2D eigenvalue weighted by molar-refractivity contribution is 5.83. The van der Waals surface area contributed by atoms with Gasteiger partial charge >= 0.3 is 5.97 Å². The van der Waals surface area contributed by atoms with E-state index in [9.17, 15) is 9.59 Å². The Labute approximate surface area is 104 Å². The van der Waals surface area contributed by atoms with E-state index < -0.39 is 24.5 Å². The fourth-order valence-electron chi connectivity index (χ4n) is 1.56. The SMILES string of the molecule is Cc1cc(C)n(CCC(=O)N[C@H](CO)C(=O)O)n1. The number of aliphatic carboxylic acids is 1. The Bertz CT molecular complexity index is 441. The predicted octanol–water partition coefficient (Wildman–Crippen LogP) is -0.548. The molecule has 100 valence electrons. The molecule has 3 N–H and O–H groups in total. The molecule has 0 aromatic carbocycles. The van der Waals surface area contributed by atoms with Gasteiger partial charge in [0.15, 0.2) is 0 Å². The van der Waals surface area contributed by atoms with Gasteiger partial charge in [0.2, 0.25) is 5.91 Å². The molecule has 0 aliphatic carbocycles. The first-order chi connectivity index (χ1) is 8.43. The molecule has 0 bridgehead atoms. The van der Waals surface area contributed by atoms with Gasteiger partial charge in [-0.3, -0.25) is 9.48 Å². The van der Waals surface area contributed by atoms with E-state index >= 15 is 0 Å². The van der Waals surface area contributed by atoms with Crippen molar-refractivity contribution in [2.75, 3.05) is 6.61 Å². The Hall–Kier alpha value is -1.89. The molecular formula is C11H17N3O4. The number of hydrogen-bond acceptors (Lipinski definition) is 4. The van der Waals surface area contributed by atoms with Crippen molar-refractivity contribution in [2.45, 2.75) is 32.9 Å². The number of carboxylic acids is 1. The van der Waals surface area contributed by atoms with Gasteiger partial charge in [0.25, 0.3) is 0 Å². The number of hydrogen-bond donors (Lipinski definition) is 3. The highest BCUT2D eigenvalue weighted by Crippen LogP contribution is 2.02. The van der Waals surface area contributed by atoms with Crippen LogP contribution in [0.15, 0.2) is 6.07 Å². The number of nitrogens with one attached hydrogen (secondary N) is 1. The van der Waals surface area contributed by atoms with Crippen LogP contribution in [0.5, 0.6) is 0 Å². The maximum Gasteiger partial charge on any atom is 0.328 e. The summed E-state index contributed by atoms with van der Waals surface area (Å²) >= 11 is 0. The molecule has 0 saturated heterocycles. The molecule has 1 heterocycles. The van der Waals surface area contributed by atoms with Gasteiger partial charge in [0.05, 0.1) is 12.3 Å². The first-order valence-corrected chi connectivity index (χ1v) is 5.58. The van der Waals surface area contributed by atoms with Crippen molar-refractivity contribution >= 4 is 11.9 Å². The van der Waals surface area contributed by atoms with Crippen molar-refractivity contribution in [3.05, 3.63) is 17.5 Å². The molecular weight excluding hydrogens is 238 g/mol. The fraction of sp³-hybridized carbons (Fsp3) is 0.545. The molecule has 1 aromatic heterocycles. The van der Waals surface area contributed by atoms with Crippen molar-refractivity contribution in [1.29, 1.82) is 0 Å². The number of aryl methyl sites for hydroxylation is 3. The number of aromatic nitrogens is 2. The third kappa shape index (κ3) is 3.85. The van der Waals surface area contributed by atoms with Crippen molar-refractivity contribution in [3.63, 3.8) is 0 Å². The summed E-state index contributed by atoms with van der Waals surface area (Å²) < 4.78 is 1.68. The van der Waals surface area contributed by atoms with Crippen LogP contribution in [0, 0.1) is 13.8 Å². The van der Waals surface area contributed by atoms with E-state index in [0.717, 1.165) is 11.4 Å². The van der Waals surface area contributed by atoms with Crippen molar-refractivity contribution < 1.29 is 19.8 Å². The summed E-state index contributed by atoms with van der Waals surface area (Å²) in [7, 11) is 0. The van der Waals surface area contributed by atoms with Gasteiger partial charge in [-0.2, -0.15) is 5.10 Å². The van der Waals surface area contributed by atoms with Gasteiger partial charge in [-0.1, -0.05) is 0 Å². The second-order valence-electron chi connectivity index (χ2n) is 4.04. The van der Waals surface area contributed by atoms with Crippen LogP contribution in [-0.4, -0.2) is 44.5 Å². The summed E-state index contributed by atoms with van der Waals surface area (Å²) in [5, 5.41) is 23.8. The number of aliphatic hydroxyl groups excluding tert-OH is 1. The van der Waals surface area contributed by atoms with Crippen LogP contribution in [-0.2, 0) is 16.1 Å². The average Bonchev–Trinajstić information content (AvgIpc) is 2.61. The standard InChI is InChI=1S/C11H17N3O4/c1-7-5-8(2)14(13-7)4-3-10(16)12-9(6-15)11(17)18/h5,9,15H,3-4,6H2,1-2H3,(H,12,16)(H,17,18)/t9-/m1/s1. The van der Waals surface area contributed by atoms with Gasteiger partial charge in [-0.25, -0.2) is 4.79 Å². The van der Waals surface area contributed by atoms with Crippen molar-refractivity contribution in [1.82, 2.24) is 15.1 Å². The normalized spacial score (nSPS) is 12.2. The number of carbonyl (C=O) groups is 2. The molecule has 0 unspecified atom stereocenters. The second kappa shape index (κ2) is 6.15. The van der Waals surface area contributed by atoms with Crippen molar-refractivity contribution in [2.24, 2.45) is 0 Å². The number of carboxylic acid groups (broad SMARTS) is 1. The Morgan fingerprint density at radius 2 is 2.17 bits per heavy atom. The minimum Gasteiger partial charge on any atom is -0.480 e.